The Balaban J connectivity index is 2.14. The zero-order valence-electron chi connectivity index (χ0n) is 14.8. The summed E-state index contributed by atoms with van der Waals surface area (Å²) in [4.78, 5) is 27.1. The number of esters is 1. The molecule has 0 unspecified atom stereocenters. The van der Waals surface area contributed by atoms with Crippen molar-refractivity contribution in [2.45, 2.75) is 6.42 Å². The topological polar surface area (TPSA) is 96.7 Å². The van der Waals surface area contributed by atoms with Crippen molar-refractivity contribution >= 4 is 28.9 Å². The standard InChI is InChI=1S/C21H16FNO5/c1-28-21(27)17-10-14(4-7-18(24)25)16-9-13(11-23-19(16)20(17)26)8-12-2-5-15(22)6-3-12/h2-7,9-11,26H,8H2,1H3,(H,24,25)/b7-4+. The molecule has 0 spiro atoms. The average molecular weight is 381 g/mol. The Hall–Kier alpha value is -3.74. The van der Waals surface area contributed by atoms with Gasteiger partial charge in [-0.2, -0.15) is 0 Å². The number of methoxy groups -OCH3 is 1. The summed E-state index contributed by atoms with van der Waals surface area (Å²) < 4.78 is 17.7. The van der Waals surface area contributed by atoms with Crippen LogP contribution in [0.15, 0.2) is 48.7 Å². The van der Waals surface area contributed by atoms with Crippen molar-refractivity contribution in [3.05, 3.63) is 76.7 Å². The Morgan fingerprint density at radius 3 is 2.54 bits per heavy atom. The first-order chi connectivity index (χ1) is 13.4. The number of halogens is 1. The van der Waals surface area contributed by atoms with Crippen LogP contribution in [0.4, 0.5) is 4.39 Å². The first kappa shape index (κ1) is 19.0. The zero-order chi connectivity index (χ0) is 20.3. The predicted octanol–water partition coefficient (Wildman–Crippen LogP) is 3.55. The van der Waals surface area contributed by atoms with E-state index in [0.29, 0.717) is 17.4 Å². The maximum atomic E-state index is 13.1. The number of carbonyl (C=O) groups excluding carboxylic acids is 1. The van der Waals surface area contributed by atoms with E-state index in [-0.39, 0.29) is 22.6 Å². The van der Waals surface area contributed by atoms with Gasteiger partial charge in [0.2, 0.25) is 0 Å². The van der Waals surface area contributed by atoms with Crippen molar-refractivity contribution < 1.29 is 28.9 Å². The van der Waals surface area contributed by atoms with Crippen LogP contribution in [0.2, 0.25) is 0 Å². The number of nitrogens with zero attached hydrogens (tertiary/aromatic N) is 1. The Bertz CT molecular complexity index is 1090. The lowest BCUT2D eigenvalue weighted by Crippen LogP contribution is -2.03. The molecule has 6 nitrogen and oxygen atoms in total. The number of benzene rings is 2. The molecule has 0 saturated heterocycles. The molecule has 0 fully saturated rings. The molecular formula is C21H16FNO5. The highest BCUT2D eigenvalue weighted by Gasteiger charge is 2.18. The smallest absolute Gasteiger partial charge is 0.341 e. The number of aromatic hydroxyl groups is 1. The van der Waals surface area contributed by atoms with Crippen molar-refractivity contribution in [1.29, 1.82) is 0 Å². The molecule has 0 bridgehead atoms. The molecule has 0 aliphatic heterocycles. The number of aromatic nitrogens is 1. The Labute approximate surface area is 159 Å². The van der Waals surface area contributed by atoms with Gasteiger partial charge in [-0.3, -0.25) is 4.98 Å². The number of fused-ring (bicyclic) bond motifs is 1. The van der Waals surface area contributed by atoms with E-state index in [2.05, 4.69) is 9.72 Å². The van der Waals surface area contributed by atoms with Crippen LogP contribution in [0, 0.1) is 5.82 Å². The second kappa shape index (κ2) is 7.87. The summed E-state index contributed by atoms with van der Waals surface area (Å²) in [6, 6.07) is 9.13. The van der Waals surface area contributed by atoms with E-state index in [1.54, 1.807) is 18.2 Å². The van der Waals surface area contributed by atoms with Gasteiger partial charge in [-0.05, 0) is 53.5 Å². The third-order valence-corrected chi connectivity index (χ3v) is 4.17. The molecule has 3 rings (SSSR count). The minimum Gasteiger partial charge on any atom is -0.505 e. The number of pyridine rings is 1. The number of phenols is 1. The second-order valence-corrected chi connectivity index (χ2v) is 6.07. The first-order valence-electron chi connectivity index (χ1n) is 8.27. The van der Waals surface area contributed by atoms with Gasteiger partial charge < -0.3 is 14.9 Å². The number of carboxylic acids is 1. The molecule has 1 heterocycles. The molecule has 2 aromatic carbocycles. The van der Waals surface area contributed by atoms with Crippen LogP contribution in [-0.4, -0.2) is 34.2 Å². The molecular weight excluding hydrogens is 365 g/mol. The highest BCUT2D eigenvalue weighted by atomic mass is 19.1. The van der Waals surface area contributed by atoms with Gasteiger partial charge in [-0.25, -0.2) is 14.0 Å². The van der Waals surface area contributed by atoms with Gasteiger partial charge in [0.1, 0.15) is 16.9 Å². The number of carboxylic acid groups (broad SMARTS) is 1. The number of hydrogen-bond donors (Lipinski definition) is 2. The number of phenolic OH excluding ortho intramolecular Hbond substituents is 1. The first-order valence-corrected chi connectivity index (χ1v) is 8.27. The van der Waals surface area contributed by atoms with Gasteiger partial charge in [-0.1, -0.05) is 12.1 Å². The fourth-order valence-electron chi connectivity index (χ4n) is 2.85. The third kappa shape index (κ3) is 3.98. The summed E-state index contributed by atoms with van der Waals surface area (Å²) in [5, 5.41) is 19.8. The van der Waals surface area contributed by atoms with Crippen LogP contribution in [0.1, 0.15) is 27.0 Å². The second-order valence-electron chi connectivity index (χ2n) is 6.07. The van der Waals surface area contributed by atoms with E-state index in [1.165, 1.54) is 37.6 Å². The van der Waals surface area contributed by atoms with Gasteiger partial charge in [-0.15, -0.1) is 0 Å². The van der Waals surface area contributed by atoms with Gasteiger partial charge in [0.15, 0.2) is 5.75 Å². The molecule has 0 radical (unpaired) electrons. The molecule has 0 atom stereocenters. The largest absolute Gasteiger partial charge is 0.505 e. The van der Waals surface area contributed by atoms with Crippen molar-refractivity contribution in [1.82, 2.24) is 4.98 Å². The van der Waals surface area contributed by atoms with Crippen LogP contribution in [0.5, 0.6) is 5.75 Å². The molecule has 142 valence electrons. The number of aliphatic carboxylic acids is 1. The van der Waals surface area contributed by atoms with E-state index < -0.39 is 11.9 Å². The van der Waals surface area contributed by atoms with E-state index in [0.717, 1.165) is 17.2 Å². The van der Waals surface area contributed by atoms with Gasteiger partial charge >= 0.3 is 11.9 Å². The molecule has 0 saturated carbocycles. The SMILES string of the molecule is COC(=O)c1cc(/C=C/C(=O)O)c2cc(Cc3ccc(F)cc3)cnc2c1O. The van der Waals surface area contributed by atoms with Crippen molar-refractivity contribution in [2.24, 2.45) is 0 Å². The van der Waals surface area contributed by atoms with E-state index >= 15 is 0 Å². The molecule has 0 aliphatic carbocycles. The van der Waals surface area contributed by atoms with Crippen LogP contribution in [0.25, 0.3) is 17.0 Å². The summed E-state index contributed by atoms with van der Waals surface area (Å²) >= 11 is 0. The van der Waals surface area contributed by atoms with Crippen molar-refractivity contribution in [2.75, 3.05) is 7.11 Å². The third-order valence-electron chi connectivity index (χ3n) is 4.17. The molecule has 2 N–H and O–H groups in total. The lowest BCUT2D eigenvalue weighted by atomic mass is 9.99. The maximum Gasteiger partial charge on any atom is 0.341 e. The summed E-state index contributed by atoms with van der Waals surface area (Å²) in [5.74, 6) is -2.60. The molecule has 1 aromatic heterocycles. The van der Waals surface area contributed by atoms with Crippen LogP contribution in [-0.2, 0) is 16.0 Å². The Morgan fingerprint density at radius 2 is 1.89 bits per heavy atom. The summed E-state index contributed by atoms with van der Waals surface area (Å²) in [5.41, 5.74) is 2.06. The van der Waals surface area contributed by atoms with Crippen LogP contribution >= 0.6 is 0 Å². The van der Waals surface area contributed by atoms with E-state index in [9.17, 15) is 19.1 Å². The van der Waals surface area contributed by atoms with Crippen molar-refractivity contribution in [3.63, 3.8) is 0 Å². The Kier molecular flexibility index (Phi) is 5.35. The predicted molar refractivity (Wildman–Crippen MR) is 101 cm³/mol. The molecule has 0 amide bonds. The zero-order valence-corrected chi connectivity index (χ0v) is 14.8. The highest BCUT2D eigenvalue weighted by Crippen LogP contribution is 2.32. The maximum absolute atomic E-state index is 13.1. The number of rotatable bonds is 5. The monoisotopic (exact) mass is 381 g/mol. The highest BCUT2D eigenvalue weighted by molar-refractivity contribution is 6.04. The fraction of sp³-hybridized carbons (Fsp3) is 0.0952. The Morgan fingerprint density at radius 1 is 1.18 bits per heavy atom. The molecule has 7 heteroatoms. The normalized spacial score (nSPS) is 11.1. The lowest BCUT2D eigenvalue weighted by molar-refractivity contribution is -0.131. The van der Waals surface area contributed by atoms with E-state index in [4.69, 9.17) is 5.11 Å². The fourth-order valence-corrected chi connectivity index (χ4v) is 2.85. The average Bonchev–Trinajstić information content (AvgIpc) is 2.68. The minimum absolute atomic E-state index is 0.112. The van der Waals surface area contributed by atoms with Gasteiger partial charge in [0, 0.05) is 17.7 Å². The lowest BCUT2D eigenvalue weighted by Gasteiger charge is -2.11. The van der Waals surface area contributed by atoms with Crippen molar-refractivity contribution in [3.8, 4) is 5.75 Å². The summed E-state index contributed by atoms with van der Waals surface area (Å²) in [7, 11) is 1.18. The molecule has 0 aliphatic rings. The van der Waals surface area contributed by atoms with Crippen LogP contribution < -0.4 is 0 Å². The number of hydrogen-bond acceptors (Lipinski definition) is 5. The quantitative estimate of drug-likeness (QED) is 0.518. The number of carbonyl (C=O) groups is 2. The summed E-state index contributed by atoms with van der Waals surface area (Å²) in [6.07, 6.45) is 4.25. The van der Waals surface area contributed by atoms with Crippen LogP contribution in [0.3, 0.4) is 0 Å². The summed E-state index contributed by atoms with van der Waals surface area (Å²) in [6.45, 7) is 0. The molecule has 28 heavy (non-hydrogen) atoms. The number of ether oxygens (including phenoxy) is 1. The van der Waals surface area contributed by atoms with Gasteiger partial charge in [0.25, 0.3) is 0 Å². The minimum atomic E-state index is -1.16. The molecule has 3 aromatic rings. The van der Waals surface area contributed by atoms with Gasteiger partial charge in [0.05, 0.1) is 7.11 Å². The van der Waals surface area contributed by atoms with E-state index in [1.807, 2.05) is 0 Å².